The Labute approximate surface area is 84.1 Å². The lowest BCUT2D eigenvalue weighted by Gasteiger charge is -2.21. The summed E-state index contributed by atoms with van der Waals surface area (Å²) in [4.78, 5) is -0.0348. The average Bonchev–Trinajstić information content (AvgIpc) is 2.18. The van der Waals surface area contributed by atoms with E-state index < -0.39 is 0 Å². The minimum absolute atomic E-state index is 0.0348. The summed E-state index contributed by atoms with van der Waals surface area (Å²) in [6.45, 7) is 0.496. The second-order valence-electron chi connectivity index (χ2n) is 2.76. The SMILES string of the molecule is ON=C1c2ccccc2OCC1Br. The first kappa shape index (κ1) is 8.56. The monoisotopic (exact) mass is 241 g/mol. The number of hydrogen-bond acceptors (Lipinski definition) is 3. The Morgan fingerprint density at radius 1 is 1.46 bits per heavy atom. The van der Waals surface area contributed by atoms with E-state index in [-0.39, 0.29) is 4.83 Å². The predicted octanol–water partition coefficient (Wildman–Crippen LogP) is 2.02. The molecule has 1 aliphatic rings. The van der Waals surface area contributed by atoms with Crippen molar-refractivity contribution in [2.45, 2.75) is 4.83 Å². The van der Waals surface area contributed by atoms with Crippen LogP contribution in [-0.2, 0) is 0 Å². The molecule has 0 radical (unpaired) electrons. The smallest absolute Gasteiger partial charge is 0.128 e. The lowest BCUT2D eigenvalue weighted by atomic mass is 10.0. The summed E-state index contributed by atoms with van der Waals surface area (Å²) in [6, 6.07) is 7.51. The number of ether oxygens (including phenoxy) is 1. The Morgan fingerprint density at radius 3 is 3.00 bits per heavy atom. The molecule has 2 rings (SSSR count). The first-order valence-electron chi connectivity index (χ1n) is 3.91. The zero-order valence-electron chi connectivity index (χ0n) is 6.77. The summed E-state index contributed by atoms with van der Waals surface area (Å²) in [5.41, 5.74) is 1.47. The molecule has 1 N–H and O–H groups in total. The maximum atomic E-state index is 8.81. The maximum absolute atomic E-state index is 8.81. The van der Waals surface area contributed by atoms with Gasteiger partial charge >= 0.3 is 0 Å². The summed E-state index contributed by atoms with van der Waals surface area (Å²) in [6.07, 6.45) is 0. The molecule has 1 aromatic carbocycles. The van der Waals surface area contributed by atoms with Gasteiger partial charge in [-0.2, -0.15) is 0 Å². The highest BCUT2D eigenvalue weighted by Crippen LogP contribution is 2.27. The van der Waals surface area contributed by atoms with Crippen LogP contribution in [0, 0.1) is 0 Å². The molecule has 0 bridgehead atoms. The third kappa shape index (κ3) is 1.42. The molecule has 0 amide bonds. The van der Waals surface area contributed by atoms with Gasteiger partial charge in [0, 0.05) is 5.56 Å². The molecule has 1 aromatic rings. The summed E-state index contributed by atoms with van der Waals surface area (Å²) in [7, 11) is 0. The van der Waals surface area contributed by atoms with Gasteiger partial charge in [-0.15, -0.1) is 0 Å². The van der Waals surface area contributed by atoms with Gasteiger partial charge in [0.1, 0.15) is 18.1 Å². The standard InChI is InChI=1S/C9H8BrNO2/c10-7-5-13-8-4-2-1-3-6(8)9(7)11-12/h1-4,7,12H,5H2. The number of halogens is 1. The van der Waals surface area contributed by atoms with Gasteiger partial charge in [-0.1, -0.05) is 33.2 Å². The van der Waals surface area contributed by atoms with Gasteiger partial charge in [0.05, 0.1) is 4.83 Å². The third-order valence-electron chi connectivity index (χ3n) is 1.95. The normalized spacial score (nSPS) is 23.8. The summed E-state index contributed by atoms with van der Waals surface area (Å²) in [5.74, 6) is 0.769. The van der Waals surface area contributed by atoms with Crippen LogP contribution in [0.1, 0.15) is 5.56 Å². The van der Waals surface area contributed by atoms with Gasteiger partial charge in [-0.25, -0.2) is 0 Å². The molecule has 13 heavy (non-hydrogen) atoms. The van der Waals surface area contributed by atoms with Crippen molar-refractivity contribution in [3.05, 3.63) is 29.8 Å². The second kappa shape index (κ2) is 3.38. The number of benzene rings is 1. The maximum Gasteiger partial charge on any atom is 0.128 e. The van der Waals surface area contributed by atoms with Crippen molar-refractivity contribution in [2.75, 3.05) is 6.61 Å². The van der Waals surface area contributed by atoms with E-state index in [0.717, 1.165) is 11.3 Å². The van der Waals surface area contributed by atoms with Crippen LogP contribution in [0.5, 0.6) is 5.75 Å². The van der Waals surface area contributed by atoms with Crippen LogP contribution in [0.15, 0.2) is 29.4 Å². The quantitative estimate of drug-likeness (QED) is 0.429. The van der Waals surface area contributed by atoms with Crippen molar-refractivity contribution < 1.29 is 9.94 Å². The highest BCUT2D eigenvalue weighted by atomic mass is 79.9. The fourth-order valence-electron chi connectivity index (χ4n) is 1.33. The zero-order chi connectivity index (χ0) is 9.26. The highest BCUT2D eigenvalue weighted by molar-refractivity contribution is 9.10. The lowest BCUT2D eigenvalue weighted by molar-refractivity contribution is 0.301. The van der Waals surface area contributed by atoms with E-state index in [2.05, 4.69) is 21.1 Å². The Kier molecular flexibility index (Phi) is 2.22. The molecule has 1 unspecified atom stereocenters. The molecule has 4 heteroatoms. The molecule has 0 aliphatic carbocycles. The number of nitrogens with zero attached hydrogens (tertiary/aromatic N) is 1. The fourth-order valence-corrected chi connectivity index (χ4v) is 1.80. The minimum Gasteiger partial charge on any atom is -0.491 e. The molecule has 0 saturated heterocycles. The van der Waals surface area contributed by atoms with Crippen LogP contribution >= 0.6 is 15.9 Å². The average molecular weight is 242 g/mol. The van der Waals surface area contributed by atoms with E-state index in [0.29, 0.717) is 12.3 Å². The Hall–Kier alpha value is -1.03. The van der Waals surface area contributed by atoms with Crippen molar-refractivity contribution in [1.82, 2.24) is 0 Å². The topological polar surface area (TPSA) is 41.8 Å². The van der Waals surface area contributed by atoms with Gasteiger partial charge in [0.15, 0.2) is 0 Å². The Balaban J connectivity index is 2.52. The molecule has 1 atom stereocenters. The van der Waals surface area contributed by atoms with E-state index >= 15 is 0 Å². The summed E-state index contributed by atoms with van der Waals surface area (Å²) >= 11 is 3.37. The molecule has 0 aromatic heterocycles. The number of fused-ring (bicyclic) bond motifs is 1. The lowest BCUT2D eigenvalue weighted by Crippen LogP contribution is -2.28. The van der Waals surface area contributed by atoms with Crippen LogP contribution in [0.25, 0.3) is 0 Å². The predicted molar refractivity (Wildman–Crippen MR) is 53.0 cm³/mol. The molecule has 68 valence electrons. The molecule has 1 aliphatic heterocycles. The Bertz CT molecular complexity index is 351. The van der Waals surface area contributed by atoms with E-state index in [1.807, 2.05) is 24.3 Å². The fraction of sp³-hybridized carbons (Fsp3) is 0.222. The number of alkyl halides is 1. The second-order valence-corrected chi connectivity index (χ2v) is 3.87. The van der Waals surface area contributed by atoms with Crippen LogP contribution in [0.4, 0.5) is 0 Å². The summed E-state index contributed by atoms with van der Waals surface area (Å²) < 4.78 is 5.43. The van der Waals surface area contributed by atoms with Crippen molar-refractivity contribution >= 4 is 21.6 Å². The first-order chi connectivity index (χ1) is 6.33. The van der Waals surface area contributed by atoms with E-state index in [4.69, 9.17) is 9.94 Å². The van der Waals surface area contributed by atoms with E-state index in [9.17, 15) is 0 Å². The largest absolute Gasteiger partial charge is 0.491 e. The zero-order valence-corrected chi connectivity index (χ0v) is 8.36. The van der Waals surface area contributed by atoms with Crippen LogP contribution in [0.2, 0.25) is 0 Å². The van der Waals surface area contributed by atoms with Gasteiger partial charge in [-0.3, -0.25) is 0 Å². The number of para-hydroxylation sites is 1. The molecule has 1 heterocycles. The van der Waals surface area contributed by atoms with Crippen LogP contribution < -0.4 is 4.74 Å². The molecule has 3 nitrogen and oxygen atoms in total. The highest BCUT2D eigenvalue weighted by Gasteiger charge is 2.24. The molecular weight excluding hydrogens is 234 g/mol. The van der Waals surface area contributed by atoms with Crippen molar-refractivity contribution in [3.8, 4) is 5.75 Å². The molecular formula is C9H8BrNO2. The molecule has 0 spiro atoms. The number of rotatable bonds is 0. The molecule has 0 fully saturated rings. The van der Waals surface area contributed by atoms with Crippen molar-refractivity contribution in [3.63, 3.8) is 0 Å². The van der Waals surface area contributed by atoms with Gasteiger partial charge in [0.25, 0.3) is 0 Å². The van der Waals surface area contributed by atoms with Crippen LogP contribution in [0.3, 0.4) is 0 Å². The first-order valence-corrected chi connectivity index (χ1v) is 4.82. The number of oxime groups is 1. The van der Waals surface area contributed by atoms with Gasteiger partial charge in [0.2, 0.25) is 0 Å². The Morgan fingerprint density at radius 2 is 2.23 bits per heavy atom. The minimum atomic E-state index is -0.0348. The van der Waals surface area contributed by atoms with E-state index in [1.54, 1.807) is 0 Å². The van der Waals surface area contributed by atoms with Crippen molar-refractivity contribution in [1.29, 1.82) is 0 Å². The van der Waals surface area contributed by atoms with E-state index in [1.165, 1.54) is 0 Å². The third-order valence-corrected chi connectivity index (χ3v) is 2.65. The van der Waals surface area contributed by atoms with Crippen LogP contribution in [-0.4, -0.2) is 22.4 Å². The van der Waals surface area contributed by atoms with Crippen molar-refractivity contribution in [2.24, 2.45) is 5.16 Å². The molecule has 0 saturated carbocycles. The number of hydrogen-bond donors (Lipinski definition) is 1. The van der Waals surface area contributed by atoms with Gasteiger partial charge < -0.3 is 9.94 Å². The van der Waals surface area contributed by atoms with Gasteiger partial charge in [-0.05, 0) is 12.1 Å². The summed E-state index contributed by atoms with van der Waals surface area (Å²) in [5, 5.41) is 12.1.